The van der Waals surface area contributed by atoms with Crippen LogP contribution in [0.4, 0.5) is 0 Å². The molecule has 160 valence electrons. The zero-order chi connectivity index (χ0) is 20.9. The SMILES string of the molecule is CCCCCCCCCCc1ccc(-c2noc(CNC(=O)C(N)CO)n2)cc1. The van der Waals surface area contributed by atoms with Gasteiger partial charge in [-0.25, -0.2) is 0 Å². The zero-order valence-electron chi connectivity index (χ0n) is 17.4. The highest BCUT2D eigenvalue weighted by molar-refractivity contribution is 5.81. The Bertz CT molecular complexity index is 715. The molecule has 4 N–H and O–H groups in total. The maximum atomic E-state index is 11.6. The van der Waals surface area contributed by atoms with Crippen molar-refractivity contribution in [2.45, 2.75) is 77.3 Å². The van der Waals surface area contributed by atoms with Gasteiger partial charge in [-0.2, -0.15) is 4.98 Å². The minimum absolute atomic E-state index is 0.0794. The summed E-state index contributed by atoms with van der Waals surface area (Å²) in [5, 5.41) is 15.4. The third-order valence-corrected chi connectivity index (χ3v) is 4.95. The number of nitrogens with zero attached hydrogens (tertiary/aromatic N) is 2. The summed E-state index contributed by atoms with van der Waals surface area (Å²) in [6.07, 6.45) is 11.7. The number of carbonyl (C=O) groups excluding carboxylic acids is 1. The number of nitrogens with one attached hydrogen (secondary N) is 1. The van der Waals surface area contributed by atoms with E-state index in [0.717, 1.165) is 12.0 Å². The molecule has 1 aromatic carbocycles. The molecule has 0 aliphatic rings. The second-order valence-electron chi connectivity index (χ2n) is 7.44. The first kappa shape index (κ1) is 23.0. The molecule has 0 saturated heterocycles. The standard InChI is InChI=1S/C22H34N4O3/c1-2-3-4-5-6-7-8-9-10-17-11-13-18(14-12-17)21-25-20(29-26-21)15-24-22(28)19(23)16-27/h11-14,19,27H,2-10,15-16,23H2,1H3,(H,24,28). The quantitative estimate of drug-likeness (QED) is 0.418. The van der Waals surface area contributed by atoms with E-state index in [1.807, 2.05) is 12.1 Å². The lowest BCUT2D eigenvalue weighted by atomic mass is 10.0. The highest BCUT2D eigenvalue weighted by Crippen LogP contribution is 2.18. The van der Waals surface area contributed by atoms with E-state index in [0.29, 0.717) is 11.7 Å². The van der Waals surface area contributed by atoms with Crippen LogP contribution in [-0.4, -0.2) is 33.8 Å². The van der Waals surface area contributed by atoms with Crippen LogP contribution in [0.2, 0.25) is 0 Å². The Kier molecular flexibility index (Phi) is 10.4. The van der Waals surface area contributed by atoms with E-state index in [1.165, 1.54) is 56.9 Å². The first-order chi connectivity index (χ1) is 14.1. The fourth-order valence-electron chi connectivity index (χ4n) is 3.10. The lowest BCUT2D eigenvalue weighted by Crippen LogP contribution is -2.42. The molecule has 1 aromatic heterocycles. The normalized spacial score (nSPS) is 12.1. The van der Waals surface area contributed by atoms with Crippen molar-refractivity contribution in [1.29, 1.82) is 0 Å². The van der Waals surface area contributed by atoms with Crippen molar-refractivity contribution < 1.29 is 14.4 Å². The smallest absolute Gasteiger partial charge is 0.246 e. The van der Waals surface area contributed by atoms with Crippen molar-refractivity contribution in [2.75, 3.05) is 6.61 Å². The van der Waals surface area contributed by atoms with Gasteiger partial charge >= 0.3 is 0 Å². The van der Waals surface area contributed by atoms with Crippen molar-refractivity contribution in [3.05, 3.63) is 35.7 Å². The lowest BCUT2D eigenvalue weighted by molar-refractivity contribution is -0.123. The van der Waals surface area contributed by atoms with Gasteiger partial charge in [-0.05, 0) is 18.4 Å². The van der Waals surface area contributed by atoms with Gasteiger partial charge < -0.3 is 20.7 Å². The van der Waals surface area contributed by atoms with E-state index in [4.69, 9.17) is 15.4 Å². The number of aromatic nitrogens is 2. The number of rotatable bonds is 14. The van der Waals surface area contributed by atoms with E-state index in [1.54, 1.807) is 0 Å². The van der Waals surface area contributed by atoms with E-state index < -0.39 is 18.6 Å². The Morgan fingerprint density at radius 1 is 1.10 bits per heavy atom. The summed E-state index contributed by atoms with van der Waals surface area (Å²) >= 11 is 0. The molecule has 0 aliphatic heterocycles. The molecule has 7 heteroatoms. The number of aryl methyl sites for hydroxylation is 1. The molecule has 0 saturated carbocycles. The molecule has 0 aliphatic carbocycles. The third-order valence-electron chi connectivity index (χ3n) is 4.95. The summed E-state index contributed by atoms with van der Waals surface area (Å²) in [5.74, 6) is 0.318. The van der Waals surface area contributed by atoms with Gasteiger partial charge in [0.25, 0.3) is 0 Å². The predicted octanol–water partition coefficient (Wildman–Crippen LogP) is 3.36. The maximum absolute atomic E-state index is 11.6. The molecule has 1 amide bonds. The monoisotopic (exact) mass is 402 g/mol. The largest absolute Gasteiger partial charge is 0.394 e. The molecular formula is C22H34N4O3. The number of nitrogens with two attached hydrogens (primary N) is 1. The van der Waals surface area contributed by atoms with Crippen LogP contribution in [0.5, 0.6) is 0 Å². The van der Waals surface area contributed by atoms with Gasteiger partial charge in [0, 0.05) is 5.56 Å². The van der Waals surface area contributed by atoms with Crippen molar-refractivity contribution in [3.8, 4) is 11.4 Å². The van der Waals surface area contributed by atoms with Gasteiger partial charge in [0.2, 0.25) is 17.6 Å². The second-order valence-corrected chi connectivity index (χ2v) is 7.44. The first-order valence-corrected chi connectivity index (χ1v) is 10.7. The van der Waals surface area contributed by atoms with Crippen LogP contribution in [0.15, 0.2) is 28.8 Å². The van der Waals surface area contributed by atoms with E-state index in [2.05, 4.69) is 34.5 Å². The molecule has 1 atom stereocenters. The number of hydrogen-bond acceptors (Lipinski definition) is 6. The van der Waals surface area contributed by atoms with Gasteiger partial charge in [-0.3, -0.25) is 4.79 Å². The van der Waals surface area contributed by atoms with Crippen molar-refractivity contribution in [3.63, 3.8) is 0 Å². The molecule has 2 rings (SSSR count). The number of aliphatic hydroxyl groups is 1. The number of aliphatic hydroxyl groups excluding tert-OH is 1. The number of hydrogen-bond donors (Lipinski definition) is 3. The van der Waals surface area contributed by atoms with Gasteiger partial charge in [-0.15, -0.1) is 0 Å². The lowest BCUT2D eigenvalue weighted by Gasteiger charge is -2.06. The topological polar surface area (TPSA) is 114 Å². The Hall–Kier alpha value is -2.25. The summed E-state index contributed by atoms with van der Waals surface area (Å²) in [7, 11) is 0. The molecule has 0 spiro atoms. The van der Waals surface area contributed by atoms with Crippen LogP contribution in [0.1, 0.15) is 69.7 Å². The van der Waals surface area contributed by atoms with Crippen molar-refractivity contribution >= 4 is 5.91 Å². The average molecular weight is 403 g/mol. The summed E-state index contributed by atoms with van der Waals surface area (Å²) in [5.41, 5.74) is 7.63. The van der Waals surface area contributed by atoms with E-state index in [9.17, 15) is 4.79 Å². The summed E-state index contributed by atoms with van der Waals surface area (Å²) in [6, 6.07) is 7.25. The summed E-state index contributed by atoms with van der Waals surface area (Å²) in [4.78, 5) is 15.9. The van der Waals surface area contributed by atoms with Crippen molar-refractivity contribution in [2.24, 2.45) is 5.73 Å². The Morgan fingerprint density at radius 3 is 2.41 bits per heavy atom. The van der Waals surface area contributed by atoms with Crippen LogP contribution in [0.25, 0.3) is 11.4 Å². The Morgan fingerprint density at radius 2 is 1.76 bits per heavy atom. The average Bonchev–Trinajstić information content (AvgIpc) is 3.22. The van der Waals surface area contributed by atoms with E-state index >= 15 is 0 Å². The molecule has 0 bridgehead atoms. The molecule has 1 unspecified atom stereocenters. The van der Waals surface area contributed by atoms with Gasteiger partial charge in [0.1, 0.15) is 6.04 Å². The van der Waals surface area contributed by atoms with E-state index in [-0.39, 0.29) is 6.54 Å². The Balaban J connectivity index is 1.72. The minimum Gasteiger partial charge on any atom is -0.394 e. The van der Waals surface area contributed by atoms with Gasteiger partial charge in [0.15, 0.2) is 0 Å². The molecule has 29 heavy (non-hydrogen) atoms. The maximum Gasteiger partial charge on any atom is 0.246 e. The van der Waals surface area contributed by atoms with Crippen LogP contribution < -0.4 is 11.1 Å². The van der Waals surface area contributed by atoms with Crippen LogP contribution in [0, 0.1) is 0 Å². The summed E-state index contributed by atoms with van der Waals surface area (Å²) < 4.78 is 5.16. The zero-order valence-corrected chi connectivity index (χ0v) is 17.4. The van der Waals surface area contributed by atoms with Crippen LogP contribution in [-0.2, 0) is 17.8 Å². The number of carbonyl (C=O) groups is 1. The summed E-state index contributed by atoms with van der Waals surface area (Å²) in [6.45, 7) is 1.92. The molecule has 0 fully saturated rings. The molecule has 2 aromatic rings. The Labute approximate surface area is 173 Å². The number of unbranched alkanes of at least 4 members (excludes halogenated alkanes) is 7. The molecule has 1 heterocycles. The molecule has 0 radical (unpaired) electrons. The molecule has 7 nitrogen and oxygen atoms in total. The van der Waals surface area contributed by atoms with Crippen molar-refractivity contribution in [1.82, 2.24) is 15.5 Å². The highest BCUT2D eigenvalue weighted by atomic mass is 16.5. The highest BCUT2D eigenvalue weighted by Gasteiger charge is 2.14. The van der Waals surface area contributed by atoms with Crippen LogP contribution >= 0.6 is 0 Å². The predicted molar refractivity (Wildman–Crippen MR) is 113 cm³/mol. The number of amides is 1. The van der Waals surface area contributed by atoms with Gasteiger partial charge in [0.05, 0.1) is 13.2 Å². The van der Waals surface area contributed by atoms with Crippen LogP contribution in [0.3, 0.4) is 0 Å². The fraction of sp³-hybridized carbons (Fsp3) is 0.591. The number of benzene rings is 1. The first-order valence-electron chi connectivity index (χ1n) is 10.7. The minimum atomic E-state index is -0.953. The van der Waals surface area contributed by atoms with Gasteiger partial charge in [-0.1, -0.05) is 81.3 Å². The molecular weight excluding hydrogens is 368 g/mol. The fourth-order valence-corrected chi connectivity index (χ4v) is 3.10. The third kappa shape index (κ3) is 8.33. The second kappa shape index (κ2) is 13.1.